The number of aromatic hydroxyl groups is 1. The van der Waals surface area contributed by atoms with Crippen molar-refractivity contribution in [1.82, 2.24) is 4.98 Å². The van der Waals surface area contributed by atoms with E-state index in [2.05, 4.69) is 10.3 Å². The number of nitrogens with zero attached hydrogens (tertiary/aromatic N) is 1. The van der Waals surface area contributed by atoms with E-state index in [4.69, 9.17) is 10.8 Å². The molecule has 0 atom stereocenters. The van der Waals surface area contributed by atoms with Crippen LogP contribution in [0.1, 0.15) is 5.56 Å². The predicted molar refractivity (Wildman–Crippen MR) is 64.1 cm³/mol. The molecule has 2 aromatic rings. The number of phenols is 1. The van der Waals surface area contributed by atoms with Crippen molar-refractivity contribution >= 4 is 11.4 Å². The van der Waals surface area contributed by atoms with Crippen molar-refractivity contribution in [1.29, 1.82) is 0 Å². The van der Waals surface area contributed by atoms with Crippen LogP contribution < -0.4 is 11.1 Å². The molecule has 1 heterocycles. The normalized spacial score (nSPS) is 10.0. The fourth-order valence-corrected chi connectivity index (χ4v) is 1.36. The lowest BCUT2D eigenvalue weighted by atomic mass is 10.2. The topological polar surface area (TPSA) is 71.2 Å². The third-order valence-electron chi connectivity index (χ3n) is 2.29. The van der Waals surface area contributed by atoms with Crippen LogP contribution in [0.3, 0.4) is 0 Å². The van der Waals surface area contributed by atoms with Crippen LogP contribution >= 0.6 is 0 Å². The Bertz CT molecular complexity index is 468. The first-order chi connectivity index (χ1) is 7.75. The Labute approximate surface area is 93.8 Å². The summed E-state index contributed by atoms with van der Waals surface area (Å²) in [6.07, 6.45) is 3.40. The largest absolute Gasteiger partial charge is 0.508 e. The van der Waals surface area contributed by atoms with Crippen molar-refractivity contribution in [3.8, 4) is 5.75 Å². The van der Waals surface area contributed by atoms with Crippen LogP contribution in [-0.2, 0) is 6.54 Å². The number of nitrogens with two attached hydrogens (primary N) is 1. The molecule has 0 unspecified atom stereocenters. The number of pyridine rings is 1. The van der Waals surface area contributed by atoms with Crippen molar-refractivity contribution in [2.75, 3.05) is 11.1 Å². The van der Waals surface area contributed by atoms with Gasteiger partial charge in [-0.1, -0.05) is 0 Å². The van der Waals surface area contributed by atoms with Gasteiger partial charge in [-0.25, -0.2) is 0 Å². The summed E-state index contributed by atoms with van der Waals surface area (Å²) >= 11 is 0. The Kier molecular flexibility index (Phi) is 2.91. The van der Waals surface area contributed by atoms with Gasteiger partial charge in [0.05, 0.1) is 0 Å². The maximum absolute atomic E-state index is 9.13. The number of benzene rings is 1. The van der Waals surface area contributed by atoms with Crippen LogP contribution in [0.25, 0.3) is 0 Å². The van der Waals surface area contributed by atoms with Gasteiger partial charge in [0, 0.05) is 35.9 Å². The summed E-state index contributed by atoms with van der Waals surface area (Å²) in [6.45, 7) is 0.616. The van der Waals surface area contributed by atoms with Gasteiger partial charge in [-0.15, -0.1) is 0 Å². The van der Waals surface area contributed by atoms with E-state index in [1.54, 1.807) is 30.6 Å². The standard InChI is InChI=1S/C12H13N3O/c13-12-5-6-14-7-9(12)8-15-10-1-3-11(16)4-2-10/h1-7,15-16H,8H2,(H2,13,14). The fraction of sp³-hybridized carbons (Fsp3) is 0.0833. The van der Waals surface area contributed by atoms with Gasteiger partial charge in [-0.3, -0.25) is 4.98 Å². The van der Waals surface area contributed by atoms with Crippen LogP contribution in [0.4, 0.5) is 11.4 Å². The zero-order chi connectivity index (χ0) is 11.4. The molecule has 0 aliphatic heterocycles. The Morgan fingerprint density at radius 3 is 2.62 bits per heavy atom. The third-order valence-corrected chi connectivity index (χ3v) is 2.29. The van der Waals surface area contributed by atoms with Crippen molar-refractivity contribution in [2.24, 2.45) is 0 Å². The summed E-state index contributed by atoms with van der Waals surface area (Å²) in [5.74, 6) is 0.256. The lowest BCUT2D eigenvalue weighted by Gasteiger charge is -2.08. The SMILES string of the molecule is Nc1ccncc1CNc1ccc(O)cc1. The second-order valence-corrected chi connectivity index (χ2v) is 3.47. The summed E-state index contributed by atoms with van der Waals surface area (Å²) in [4.78, 5) is 4.01. The molecule has 1 aromatic heterocycles. The monoisotopic (exact) mass is 215 g/mol. The molecular formula is C12H13N3O. The maximum Gasteiger partial charge on any atom is 0.115 e. The summed E-state index contributed by atoms with van der Waals surface area (Å²) < 4.78 is 0. The van der Waals surface area contributed by atoms with E-state index in [9.17, 15) is 0 Å². The lowest BCUT2D eigenvalue weighted by molar-refractivity contribution is 0.475. The average Bonchev–Trinajstić information content (AvgIpc) is 2.30. The molecular weight excluding hydrogens is 202 g/mol. The fourth-order valence-electron chi connectivity index (χ4n) is 1.36. The molecule has 0 radical (unpaired) electrons. The zero-order valence-corrected chi connectivity index (χ0v) is 8.72. The van der Waals surface area contributed by atoms with Gasteiger partial charge in [0.15, 0.2) is 0 Å². The second kappa shape index (κ2) is 4.53. The molecule has 4 N–H and O–H groups in total. The second-order valence-electron chi connectivity index (χ2n) is 3.47. The average molecular weight is 215 g/mol. The molecule has 0 aliphatic carbocycles. The third kappa shape index (κ3) is 2.42. The van der Waals surface area contributed by atoms with Crippen molar-refractivity contribution in [3.05, 3.63) is 48.3 Å². The van der Waals surface area contributed by atoms with Crippen LogP contribution in [-0.4, -0.2) is 10.1 Å². The van der Waals surface area contributed by atoms with E-state index in [1.165, 1.54) is 0 Å². The molecule has 2 rings (SSSR count). The molecule has 4 nitrogen and oxygen atoms in total. The molecule has 82 valence electrons. The number of hydrogen-bond acceptors (Lipinski definition) is 4. The Morgan fingerprint density at radius 2 is 1.94 bits per heavy atom. The minimum absolute atomic E-state index is 0.256. The molecule has 0 bridgehead atoms. The number of anilines is 2. The summed E-state index contributed by atoms with van der Waals surface area (Å²) in [6, 6.07) is 8.65. The summed E-state index contributed by atoms with van der Waals surface area (Å²) in [5.41, 5.74) is 8.40. The molecule has 16 heavy (non-hydrogen) atoms. The lowest BCUT2D eigenvalue weighted by Crippen LogP contribution is -2.03. The van der Waals surface area contributed by atoms with Gasteiger partial charge in [-0.05, 0) is 30.3 Å². The van der Waals surface area contributed by atoms with Gasteiger partial charge in [0.25, 0.3) is 0 Å². The highest BCUT2D eigenvalue weighted by atomic mass is 16.3. The van der Waals surface area contributed by atoms with Gasteiger partial charge in [-0.2, -0.15) is 0 Å². The minimum atomic E-state index is 0.256. The Morgan fingerprint density at radius 1 is 1.19 bits per heavy atom. The number of nitrogen functional groups attached to an aromatic ring is 1. The maximum atomic E-state index is 9.13. The first kappa shape index (κ1) is 10.3. The number of nitrogens with one attached hydrogen (secondary N) is 1. The van der Waals surface area contributed by atoms with Crippen molar-refractivity contribution < 1.29 is 5.11 Å². The number of hydrogen-bond donors (Lipinski definition) is 3. The highest BCUT2D eigenvalue weighted by Crippen LogP contribution is 2.16. The highest BCUT2D eigenvalue weighted by Gasteiger charge is 1.98. The van der Waals surface area contributed by atoms with Crippen LogP contribution in [0.2, 0.25) is 0 Å². The van der Waals surface area contributed by atoms with Crippen LogP contribution in [0.5, 0.6) is 5.75 Å². The molecule has 4 heteroatoms. The van der Waals surface area contributed by atoms with E-state index < -0.39 is 0 Å². The van der Waals surface area contributed by atoms with Gasteiger partial charge < -0.3 is 16.2 Å². The Balaban J connectivity index is 2.02. The number of aromatic nitrogens is 1. The molecule has 0 spiro atoms. The first-order valence-corrected chi connectivity index (χ1v) is 4.97. The number of phenolic OH excluding ortho intramolecular Hbond substituents is 1. The molecule has 0 aliphatic rings. The first-order valence-electron chi connectivity index (χ1n) is 4.97. The molecule has 0 amide bonds. The van der Waals surface area contributed by atoms with E-state index in [0.717, 1.165) is 16.9 Å². The summed E-state index contributed by atoms with van der Waals surface area (Å²) in [5, 5.41) is 12.3. The zero-order valence-electron chi connectivity index (χ0n) is 8.72. The van der Waals surface area contributed by atoms with E-state index in [0.29, 0.717) is 6.54 Å². The van der Waals surface area contributed by atoms with Crippen LogP contribution in [0.15, 0.2) is 42.7 Å². The highest BCUT2D eigenvalue weighted by molar-refractivity contribution is 5.50. The smallest absolute Gasteiger partial charge is 0.115 e. The van der Waals surface area contributed by atoms with Crippen molar-refractivity contribution in [3.63, 3.8) is 0 Å². The van der Waals surface area contributed by atoms with Gasteiger partial charge in [0.1, 0.15) is 5.75 Å². The van der Waals surface area contributed by atoms with E-state index >= 15 is 0 Å². The molecule has 0 saturated heterocycles. The van der Waals surface area contributed by atoms with Gasteiger partial charge in [0.2, 0.25) is 0 Å². The van der Waals surface area contributed by atoms with E-state index in [-0.39, 0.29) is 5.75 Å². The van der Waals surface area contributed by atoms with E-state index in [1.807, 2.05) is 12.1 Å². The van der Waals surface area contributed by atoms with Crippen LogP contribution in [0, 0.1) is 0 Å². The summed E-state index contributed by atoms with van der Waals surface area (Å²) in [7, 11) is 0. The van der Waals surface area contributed by atoms with Crippen molar-refractivity contribution in [2.45, 2.75) is 6.54 Å². The quantitative estimate of drug-likeness (QED) is 0.685. The molecule has 0 saturated carbocycles. The number of rotatable bonds is 3. The minimum Gasteiger partial charge on any atom is -0.508 e. The predicted octanol–water partition coefficient (Wildman–Crippen LogP) is 1.98. The molecule has 0 fully saturated rings. The van der Waals surface area contributed by atoms with Gasteiger partial charge >= 0.3 is 0 Å². The molecule has 1 aromatic carbocycles. The Hall–Kier alpha value is -2.23.